The number of hydrogen-bond acceptors (Lipinski definition) is 9. The predicted molar refractivity (Wildman–Crippen MR) is 132 cm³/mol. The highest BCUT2D eigenvalue weighted by molar-refractivity contribution is 8.05. The van der Waals surface area contributed by atoms with Crippen LogP contribution < -0.4 is 31.2 Å². The Bertz CT molecular complexity index is 1170. The quantitative estimate of drug-likeness (QED) is 0.306. The van der Waals surface area contributed by atoms with Crippen LogP contribution in [0.3, 0.4) is 0 Å². The third-order valence-corrected chi connectivity index (χ3v) is 6.50. The molecule has 0 aliphatic carbocycles. The molecule has 1 amide bonds. The zero-order valence-electron chi connectivity index (χ0n) is 18.9. The van der Waals surface area contributed by atoms with Crippen LogP contribution in [0, 0.1) is 0 Å². The lowest BCUT2D eigenvalue weighted by Gasteiger charge is -2.32. The summed E-state index contributed by atoms with van der Waals surface area (Å²) >= 11 is 1.26. The molecular formula is C23H27N7O3S. The predicted octanol–water partition coefficient (Wildman–Crippen LogP) is 2.68. The number of nitrogens with two attached hydrogens (primary N) is 1. The van der Waals surface area contributed by atoms with Gasteiger partial charge in [-0.05, 0) is 30.7 Å². The molecule has 0 radical (unpaired) electrons. The number of hydrogen-bond donors (Lipinski definition) is 4. The van der Waals surface area contributed by atoms with E-state index in [2.05, 4.69) is 20.9 Å². The number of aromatic nitrogens is 3. The molecular weight excluding hydrogens is 454 g/mol. The number of pyridine rings is 1. The van der Waals surface area contributed by atoms with Gasteiger partial charge in [-0.3, -0.25) is 4.79 Å². The van der Waals surface area contributed by atoms with Crippen LogP contribution in [0.5, 0.6) is 11.5 Å². The number of imidazole rings is 1. The second-order valence-electron chi connectivity index (χ2n) is 7.48. The number of nitrogens with one attached hydrogen (secondary N) is 3. The lowest BCUT2D eigenvalue weighted by molar-refractivity contribution is -0.113. The number of nitrogens with zero attached hydrogens (tertiary/aromatic N) is 3. The largest absolute Gasteiger partial charge is 0.497 e. The van der Waals surface area contributed by atoms with E-state index >= 15 is 0 Å². The highest BCUT2D eigenvalue weighted by Gasteiger charge is 2.41. The van der Waals surface area contributed by atoms with Gasteiger partial charge in [0.1, 0.15) is 23.1 Å². The molecule has 0 fully saturated rings. The third kappa shape index (κ3) is 5.20. The molecule has 2 aromatic heterocycles. The molecule has 3 aromatic rings. The Kier molecular flexibility index (Phi) is 7.12. The van der Waals surface area contributed by atoms with E-state index in [1.54, 1.807) is 39.0 Å². The number of anilines is 2. The van der Waals surface area contributed by atoms with Crippen molar-refractivity contribution in [2.24, 2.45) is 5.73 Å². The van der Waals surface area contributed by atoms with Crippen molar-refractivity contribution >= 4 is 29.3 Å². The second kappa shape index (κ2) is 10.4. The van der Waals surface area contributed by atoms with E-state index in [0.717, 1.165) is 30.9 Å². The number of rotatable bonds is 11. The number of methoxy groups -OCH3 is 2. The number of amides is 1. The first-order valence-corrected chi connectivity index (χ1v) is 11.5. The minimum absolute atomic E-state index is 0.388. The molecule has 1 aromatic carbocycles. The van der Waals surface area contributed by atoms with Gasteiger partial charge in [-0.15, -0.1) is 0 Å². The van der Waals surface area contributed by atoms with Crippen LogP contribution >= 0.6 is 11.8 Å². The number of aryl methyl sites for hydroxylation is 1. The SMILES string of the molecule is COc1ccc(C2(Nc3cccc(NCCCn4ccnc4)n3)NC=C(C(N)=O)S2)c(OC)c1. The minimum atomic E-state index is -0.963. The fourth-order valence-electron chi connectivity index (χ4n) is 3.54. The molecule has 178 valence electrons. The Labute approximate surface area is 201 Å². The summed E-state index contributed by atoms with van der Waals surface area (Å²) in [5.41, 5.74) is 6.31. The normalized spacial score (nSPS) is 16.9. The van der Waals surface area contributed by atoms with Gasteiger partial charge in [-0.1, -0.05) is 17.8 Å². The summed E-state index contributed by atoms with van der Waals surface area (Å²) < 4.78 is 13.0. The van der Waals surface area contributed by atoms with Crippen molar-refractivity contribution in [3.8, 4) is 11.5 Å². The van der Waals surface area contributed by atoms with Crippen molar-refractivity contribution in [1.82, 2.24) is 19.9 Å². The summed E-state index contributed by atoms with van der Waals surface area (Å²) in [6, 6.07) is 11.2. The smallest absolute Gasteiger partial charge is 0.256 e. The van der Waals surface area contributed by atoms with Crippen LogP contribution in [0.25, 0.3) is 0 Å². The molecule has 5 N–H and O–H groups in total. The fourth-order valence-corrected chi connectivity index (χ4v) is 4.64. The molecule has 34 heavy (non-hydrogen) atoms. The first-order chi connectivity index (χ1) is 16.5. The maximum absolute atomic E-state index is 11.9. The molecule has 11 heteroatoms. The van der Waals surface area contributed by atoms with Gasteiger partial charge in [0.25, 0.3) is 5.91 Å². The van der Waals surface area contributed by atoms with Crippen molar-refractivity contribution in [3.63, 3.8) is 0 Å². The maximum atomic E-state index is 11.9. The Morgan fingerprint density at radius 1 is 1.24 bits per heavy atom. The van der Waals surface area contributed by atoms with E-state index in [1.807, 2.05) is 41.1 Å². The summed E-state index contributed by atoms with van der Waals surface area (Å²) in [6.07, 6.45) is 8.03. The average molecular weight is 482 g/mol. The lowest BCUT2D eigenvalue weighted by atomic mass is 10.1. The highest BCUT2D eigenvalue weighted by Crippen LogP contribution is 2.47. The molecule has 1 atom stereocenters. The van der Waals surface area contributed by atoms with Crippen molar-refractivity contribution in [2.45, 2.75) is 18.0 Å². The van der Waals surface area contributed by atoms with E-state index < -0.39 is 10.9 Å². The Morgan fingerprint density at radius 3 is 2.79 bits per heavy atom. The first-order valence-electron chi connectivity index (χ1n) is 10.7. The number of carbonyl (C=O) groups is 1. The lowest BCUT2D eigenvalue weighted by Crippen LogP contribution is -2.41. The molecule has 0 bridgehead atoms. The third-order valence-electron chi connectivity index (χ3n) is 5.21. The van der Waals surface area contributed by atoms with Gasteiger partial charge in [0.15, 0.2) is 4.99 Å². The summed E-state index contributed by atoms with van der Waals surface area (Å²) in [7, 11) is 3.18. The van der Waals surface area contributed by atoms with Gasteiger partial charge in [-0.2, -0.15) is 0 Å². The van der Waals surface area contributed by atoms with Gasteiger partial charge < -0.3 is 35.7 Å². The van der Waals surface area contributed by atoms with E-state index in [-0.39, 0.29) is 0 Å². The van der Waals surface area contributed by atoms with Crippen LogP contribution in [-0.4, -0.2) is 41.2 Å². The Hall–Kier alpha value is -3.86. The molecule has 1 aliphatic rings. The summed E-state index contributed by atoms with van der Waals surface area (Å²) in [6.45, 7) is 1.62. The fraction of sp³-hybridized carbons (Fsp3) is 0.261. The summed E-state index contributed by atoms with van der Waals surface area (Å²) in [5, 5.41) is 10.0. The molecule has 1 aliphatic heterocycles. The van der Waals surface area contributed by atoms with Gasteiger partial charge in [0, 0.05) is 37.7 Å². The molecule has 0 spiro atoms. The first kappa shape index (κ1) is 23.3. The van der Waals surface area contributed by atoms with Crippen molar-refractivity contribution in [3.05, 3.63) is 71.8 Å². The van der Waals surface area contributed by atoms with Gasteiger partial charge in [-0.25, -0.2) is 9.97 Å². The van der Waals surface area contributed by atoms with Crippen LogP contribution in [0.2, 0.25) is 0 Å². The van der Waals surface area contributed by atoms with E-state index in [0.29, 0.717) is 22.2 Å². The number of primary amides is 1. The van der Waals surface area contributed by atoms with E-state index in [1.165, 1.54) is 11.8 Å². The molecule has 10 nitrogen and oxygen atoms in total. The van der Waals surface area contributed by atoms with Crippen LogP contribution in [0.1, 0.15) is 12.0 Å². The van der Waals surface area contributed by atoms with Gasteiger partial charge >= 0.3 is 0 Å². The van der Waals surface area contributed by atoms with Crippen LogP contribution in [0.15, 0.2) is 66.2 Å². The topological polar surface area (TPSA) is 128 Å². The number of thioether (sulfide) groups is 1. The zero-order valence-corrected chi connectivity index (χ0v) is 19.8. The van der Waals surface area contributed by atoms with E-state index in [9.17, 15) is 4.79 Å². The van der Waals surface area contributed by atoms with Crippen molar-refractivity contribution < 1.29 is 14.3 Å². The summed E-state index contributed by atoms with van der Waals surface area (Å²) in [4.78, 5) is 20.1. The van der Waals surface area contributed by atoms with Crippen LogP contribution in [0.4, 0.5) is 11.6 Å². The van der Waals surface area contributed by atoms with Gasteiger partial charge in [0.05, 0.1) is 31.0 Å². The van der Waals surface area contributed by atoms with Crippen LogP contribution in [-0.2, 0) is 16.3 Å². The molecule has 0 saturated heterocycles. The Morgan fingerprint density at radius 2 is 2.09 bits per heavy atom. The monoisotopic (exact) mass is 481 g/mol. The molecule has 0 saturated carbocycles. The zero-order chi connectivity index (χ0) is 24.0. The summed E-state index contributed by atoms with van der Waals surface area (Å²) in [5.74, 6) is 2.06. The highest BCUT2D eigenvalue weighted by atomic mass is 32.2. The van der Waals surface area contributed by atoms with E-state index in [4.69, 9.17) is 20.2 Å². The Balaban J connectivity index is 1.53. The minimum Gasteiger partial charge on any atom is -0.497 e. The molecule has 4 rings (SSSR count). The van der Waals surface area contributed by atoms with Crippen molar-refractivity contribution in [1.29, 1.82) is 0 Å². The van der Waals surface area contributed by atoms with Gasteiger partial charge in [0.2, 0.25) is 0 Å². The molecule has 3 heterocycles. The number of carbonyl (C=O) groups excluding carboxylic acids is 1. The second-order valence-corrected chi connectivity index (χ2v) is 8.74. The number of benzene rings is 1. The standard InChI is InChI=1S/C23H27N7O3S/c1-32-16-7-8-17(18(13-16)33-2)23(27-14-19(34-23)22(24)31)29-21-6-3-5-20(28-21)26-9-4-11-30-12-10-25-15-30/h3,5-8,10,12-15,27H,4,9,11H2,1-2H3,(H2,24,31)(H2,26,28,29). The average Bonchev–Trinajstić information content (AvgIpc) is 3.53. The maximum Gasteiger partial charge on any atom is 0.256 e. The van der Waals surface area contributed by atoms with Crippen molar-refractivity contribution in [2.75, 3.05) is 31.4 Å². The molecule has 1 unspecified atom stereocenters. The number of ether oxygens (including phenoxy) is 2.